The Labute approximate surface area is 221 Å². The second kappa shape index (κ2) is 12.3. The summed E-state index contributed by atoms with van der Waals surface area (Å²) < 4.78 is 19.2. The van der Waals surface area contributed by atoms with Crippen molar-refractivity contribution in [2.24, 2.45) is 0 Å². The van der Waals surface area contributed by atoms with Gasteiger partial charge in [0, 0.05) is 11.0 Å². The van der Waals surface area contributed by atoms with Crippen LogP contribution in [0, 0.1) is 12.7 Å². The highest BCUT2D eigenvalue weighted by Crippen LogP contribution is 2.40. The number of hydrogen-bond acceptors (Lipinski definition) is 3. The summed E-state index contributed by atoms with van der Waals surface area (Å²) in [6.07, 6.45) is 7.23. The van der Waals surface area contributed by atoms with Gasteiger partial charge in [0.2, 0.25) is 0 Å². The summed E-state index contributed by atoms with van der Waals surface area (Å²) in [5.74, 6) is -0.388. The summed E-state index contributed by atoms with van der Waals surface area (Å²) in [6, 6.07) is 20.0. The van der Waals surface area contributed by atoms with E-state index in [4.69, 9.17) is 0 Å². The average molecular weight is 503 g/mol. The molecule has 0 saturated heterocycles. The molecule has 0 fully saturated rings. The van der Waals surface area contributed by atoms with Gasteiger partial charge in [-0.3, -0.25) is 4.79 Å². The molecular weight excluding hydrogens is 463 g/mol. The first-order chi connectivity index (χ1) is 17.8. The largest absolute Gasteiger partial charge is 0.463 e. The Morgan fingerprint density at radius 3 is 2.00 bits per heavy atom. The molecule has 0 atom stereocenters. The minimum atomic E-state index is -0.768. The Hall–Kier alpha value is -3.24. The topological polar surface area (TPSA) is 46.5 Å². The molecule has 37 heavy (non-hydrogen) atoms. The summed E-state index contributed by atoms with van der Waals surface area (Å²) in [5, 5.41) is 10.6. The Kier molecular flexibility index (Phi) is 9.45. The molecule has 3 nitrogen and oxygen atoms in total. The van der Waals surface area contributed by atoms with Gasteiger partial charge >= 0.3 is 0 Å². The molecule has 0 saturated carbocycles. The standard InChI is InChI=1S/C33H39FO3/c1-6-32(36,7-2)19-18-25-12-17-30(20-24(25)5)33(8-3,9-4)29-15-13-26(14-16-29)27-10-11-28(22-37-23-35)31(34)21-27/h10-21,23,36H,6-9,22H2,1-5H3. The minimum absolute atomic E-state index is 0.0733. The van der Waals surface area contributed by atoms with Crippen LogP contribution in [0.15, 0.2) is 66.7 Å². The highest BCUT2D eigenvalue weighted by atomic mass is 19.1. The fourth-order valence-electron chi connectivity index (χ4n) is 5.07. The Bertz CT molecular complexity index is 1220. The first-order valence-electron chi connectivity index (χ1n) is 13.2. The molecule has 0 bridgehead atoms. The van der Waals surface area contributed by atoms with Gasteiger partial charge in [0.05, 0.1) is 5.60 Å². The highest BCUT2D eigenvalue weighted by Gasteiger charge is 2.31. The predicted molar refractivity (Wildman–Crippen MR) is 150 cm³/mol. The molecule has 0 aromatic heterocycles. The average Bonchev–Trinajstić information content (AvgIpc) is 2.93. The maximum atomic E-state index is 14.5. The van der Waals surface area contributed by atoms with Crippen LogP contribution in [0.2, 0.25) is 0 Å². The molecule has 3 aromatic rings. The molecule has 0 aliphatic rings. The van der Waals surface area contributed by atoms with Crippen LogP contribution in [-0.2, 0) is 21.6 Å². The van der Waals surface area contributed by atoms with Gasteiger partial charge in [-0.25, -0.2) is 4.39 Å². The quantitative estimate of drug-likeness (QED) is 0.254. The van der Waals surface area contributed by atoms with Crippen LogP contribution in [-0.4, -0.2) is 17.2 Å². The van der Waals surface area contributed by atoms with Crippen molar-refractivity contribution in [2.45, 2.75) is 77.9 Å². The number of halogens is 1. The summed E-state index contributed by atoms with van der Waals surface area (Å²) in [7, 11) is 0. The summed E-state index contributed by atoms with van der Waals surface area (Å²) in [5.41, 5.74) is 5.96. The van der Waals surface area contributed by atoms with Gasteiger partial charge in [-0.05, 0) is 72.1 Å². The van der Waals surface area contributed by atoms with Crippen LogP contribution in [0.25, 0.3) is 17.2 Å². The summed E-state index contributed by atoms with van der Waals surface area (Å²) >= 11 is 0. The predicted octanol–water partition coefficient (Wildman–Crippen LogP) is 8.14. The Balaban J connectivity index is 1.92. The molecule has 0 aliphatic carbocycles. The van der Waals surface area contributed by atoms with Crippen molar-refractivity contribution in [1.82, 2.24) is 0 Å². The van der Waals surface area contributed by atoms with Crippen molar-refractivity contribution >= 4 is 12.5 Å². The van der Waals surface area contributed by atoms with Gasteiger partial charge < -0.3 is 9.84 Å². The fraction of sp³-hybridized carbons (Fsp3) is 0.364. The lowest BCUT2D eigenvalue weighted by molar-refractivity contribution is -0.129. The molecule has 0 heterocycles. The van der Waals surface area contributed by atoms with E-state index in [-0.39, 0.29) is 17.8 Å². The fourth-order valence-corrected chi connectivity index (χ4v) is 5.07. The van der Waals surface area contributed by atoms with E-state index in [1.807, 2.05) is 44.2 Å². The van der Waals surface area contributed by atoms with E-state index in [9.17, 15) is 14.3 Å². The number of ether oxygens (including phenoxy) is 1. The third kappa shape index (κ3) is 6.19. The number of benzene rings is 3. The van der Waals surface area contributed by atoms with Gasteiger partial charge in [0.25, 0.3) is 6.47 Å². The van der Waals surface area contributed by atoms with Crippen LogP contribution in [0.4, 0.5) is 4.39 Å². The van der Waals surface area contributed by atoms with Crippen molar-refractivity contribution in [3.05, 3.63) is 100 Å². The van der Waals surface area contributed by atoms with Crippen LogP contribution < -0.4 is 0 Å². The molecule has 0 unspecified atom stereocenters. The normalized spacial score (nSPS) is 12.2. The minimum Gasteiger partial charge on any atom is -0.463 e. The second-order valence-electron chi connectivity index (χ2n) is 9.80. The van der Waals surface area contributed by atoms with Crippen LogP contribution >= 0.6 is 0 Å². The summed E-state index contributed by atoms with van der Waals surface area (Å²) in [4.78, 5) is 10.4. The van der Waals surface area contributed by atoms with E-state index >= 15 is 0 Å². The first-order valence-corrected chi connectivity index (χ1v) is 13.2. The van der Waals surface area contributed by atoms with Crippen LogP contribution in [0.1, 0.15) is 81.2 Å². The van der Waals surface area contributed by atoms with Gasteiger partial charge in [0.1, 0.15) is 12.4 Å². The Morgan fingerprint density at radius 1 is 0.838 bits per heavy atom. The molecule has 196 valence electrons. The molecular formula is C33H39FO3. The molecule has 0 aliphatic heterocycles. The number of rotatable bonds is 12. The molecule has 4 heteroatoms. The summed E-state index contributed by atoms with van der Waals surface area (Å²) in [6.45, 7) is 10.8. The van der Waals surface area contributed by atoms with Crippen LogP contribution in [0.5, 0.6) is 0 Å². The van der Waals surface area contributed by atoms with E-state index in [0.29, 0.717) is 24.9 Å². The van der Waals surface area contributed by atoms with Crippen molar-refractivity contribution in [1.29, 1.82) is 0 Å². The first kappa shape index (κ1) is 28.3. The lowest BCUT2D eigenvalue weighted by atomic mass is 9.70. The van der Waals surface area contributed by atoms with Crippen molar-refractivity contribution in [3.63, 3.8) is 0 Å². The molecule has 3 aromatic carbocycles. The maximum absolute atomic E-state index is 14.5. The number of carbonyl (C=O) groups excluding carboxylic acids is 1. The molecule has 0 spiro atoms. The monoisotopic (exact) mass is 502 g/mol. The van der Waals surface area contributed by atoms with Gasteiger partial charge in [0.15, 0.2) is 0 Å². The van der Waals surface area contributed by atoms with E-state index in [1.165, 1.54) is 22.8 Å². The number of aryl methyl sites for hydroxylation is 1. The lowest BCUT2D eigenvalue weighted by Gasteiger charge is -2.34. The Morgan fingerprint density at radius 2 is 1.46 bits per heavy atom. The lowest BCUT2D eigenvalue weighted by Crippen LogP contribution is -2.26. The third-order valence-electron chi connectivity index (χ3n) is 7.96. The van der Waals surface area contributed by atoms with Crippen LogP contribution in [0.3, 0.4) is 0 Å². The molecule has 1 N–H and O–H groups in total. The number of aliphatic hydroxyl groups is 1. The zero-order valence-electron chi connectivity index (χ0n) is 22.7. The third-order valence-corrected chi connectivity index (χ3v) is 7.96. The van der Waals surface area contributed by atoms with Gasteiger partial charge in [-0.15, -0.1) is 0 Å². The van der Waals surface area contributed by atoms with Crippen molar-refractivity contribution in [2.75, 3.05) is 0 Å². The van der Waals surface area contributed by atoms with E-state index in [2.05, 4.69) is 55.8 Å². The van der Waals surface area contributed by atoms with E-state index in [0.717, 1.165) is 29.5 Å². The molecule has 3 rings (SSSR count). The second-order valence-corrected chi connectivity index (χ2v) is 9.80. The number of hydrogen-bond donors (Lipinski definition) is 1. The maximum Gasteiger partial charge on any atom is 0.293 e. The zero-order chi connectivity index (χ0) is 27.1. The van der Waals surface area contributed by atoms with E-state index < -0.39 is 5.60 Å². The van der Waals surface area contributed by atoms with Gasteiger partial charge in [-0.1, -0.05) is 94.4 Å². The van der Waals surface area contributed by atoms with E-state index in [1.54, 1.807) is 6.07 Å². The van der Waals surface area contributed by atoms with Gasteiger partial charge in [-0.2, -0.15) is 0 Å². The SMILES string of the molecule is CCC(O)(C=Cc1ccc(C(CC)(CC)c2ccc(-c3ccc(COC=O)c(F)c3)cc2)cc1C)CC. The van der Waals surface area contributed by atoms with Crippen molar-refractivity contribution in [3.8, 4) is 11.1 Å². The number of carbonyl (C=O) groups is 1. The molecule has 0 radical (unpaired) electrons. The zero-order valence-corrected chi connectivity index (χ0v) is 22.7. The highest BCUT2D eigenvalue weighted by molar-refractivity contribution is 5.65. The smallest absolute Gasteiger partial charge is 0.293 e. The van der Waals surface area contributed by atoms with Crippen molar-refractivity contribution < 1.29 is 19.0 Å². The molecule has 0 amide bonds.